The van der Waals surface area contributed by atoms with E-state index in [1.54, 1.807) is 6.07 Å². The minimum atomic E-state index is -0.0817. The highest BCUT2D eigenvalue weighted by atomic mass is 16.2. The van der Waals surface area contributed by atoms with Gasteiger partial charge in [0.1, 0.15) is 11.5 Å². The number of fused-ring (bicyclic) bond motifs is 2. The minimum absolute atomic E-state index is 0.0817. The van der Waals surface area contributed by atoms with Crippen LogP contribution in [0, 0.1) is 11.8 Å². The molecule has 86 valence electrons. The molecular formula is C11H16N4O. The summed E-state index contributed by atoms with van der Waals surface area (Å²) < 4.78 is 0. The van der Waals surface area contributed by atoms with Crippen LogP contribution in [0.15, 0.2) is 6.07 Å². The Morgan fingerprint density at radius 3 is 2.94 bits per heavy atom. The Morgan fingerprint density at radius 1 is 1.50 bits per heavy atom. The molecule has 3 atom stereocenters. The first-order valence-electron chi connectivity index (χ1n) is 5.84. The molecule has 2 saturated carbocycles. The summed E-state index contributed by atoms with van der Waals surface area (Å²) in [7, 11) is 0. The Balaban J connectivity index is 1.65. The maximum Gasteiger partial charge on any atom is 0.269 e. The maximum atomic E-state index is 11.9. The van der Waals surface area contributed by atoms with Crippen LogP contribution < -0.4 is 11.1 Å². The van der Waals surface area contributed by atoms with Crippen LogP contribution in [0.2, 0.25) is 0 Å². The number of carbonyl (C=O) groups excluding carboxylic acids is 1. The van der Waals surface area contributed by atoms with E-state index in [0.717, 1.165) is 12.3 Å². The van der Waals surface area contributed by atoms with Gasteiger partial charge in [0.15, 0.2) is 0 Å². The smallest absolute Gasteiger partial charge is 0.269 e. The van der Waals surface area contributed by atoms with E-state index in [0.29, 0.717) is 23.5 Å². The lowest BCUT2D eigenvalue weighted by molar-refractivity contribution is 0.0918. The number of nitrogen functional groups attached to an aromatic ring is 1. The highest BCUT2D eigenvalue weighted by Gasteiger charge is 2.40. The number of carbonyl (C=O) groups is 1. The van der Waals surface area contributed by atoms with Crippen molar-refractivity contribution >= 4 is 11.7 Å². The summed E-state index contributed by atoms with van der Waals surface area (Å²) in [6.45, 7) is 0. The third kappa shape index (κ3) is 1.56. The molecule has 2 aliphatic carbocycles. The van der Waals surface area contributed by atoms with Gasteiger partial charge in [-0.25, -0.2) is 0 Å². The van der Waals surface area contributed by atoms with E-state index < -0.39 is 0 Å². The number of H-pyrrole nitrogens is 1. The van der Waals surface area contributed by atoms with Crippen molar-refractivity contribution in [3.05, 3.63) is 11.8 Å². The fourth-order valence-electron chi connectivity index (χ4n) is 3.12. The molecule has 0 spiro atoms. The number of nitrogens with one attached hydrogen (secondary N) is 2. The molecule has 5 nitrogen and oxygen atoms in total. The quantitative estimate of drug-likeness (QED) is 0.692. The molecule has 2 fully saturated rings. The molecule has 5 heteroatoms. The Kier molecular flexibility index (Phi) is 2.12. The fourth-order valence-corrected chi connectivity index (χ4v) is 3.12. The van der Waals surface area contributed by atoms with Crippen LogP contribution in [-0.2, 0) is 0 Å². The molecule has 4 N–H and O–H groups in total. The van der Waals surface area contributed by atoms with Gasteiger partial charge in [-0.3, -0.25) is 9.89 Å². The lowest BCUT2D eigenvalue weighted by Gasteiger charge is -2.22. The van der Waals surface area contributed by atoms with E-state index in [4.69, 9.17) is 5.73 Å². The van der Waals surface area contributed by atoms with Gasteiger partial charge in [0, 0.05) is 12.1 Å². The minimum Gasteiger partial charge on any atom is -0.382 e. The van der Waals surface area contributed by atoms with Crippen molar-refractivity contribution in [2.24, 2.45) is 11.8 Å². The van der Waals surface area contributed by atoms with E-state index in [2.05, 4.69) is 15.5 Å². The summed E-state index contributed by atoms with van der Waals surface area (Å²) in [5, 5.41) is 9.46. The summed E-state index contributed by atoms with van der Waals surface area (Å²) in [5.74, 6) is 1.80. The van der Waals surface area contributed by atoms with Gasteiger partial charge in [0.25, 0.3) is 5.91 Å². The molecule has 0 aliphatic heterocycles. The van der Waals surface area contributed by atoms with Crippen molar-refractivity contribution in [3.8, 4) is 0 Å². The fraction of sp³-hybridized carbons (Fsp3) is 0.636. The summed E-state index contributed by atoms with van der Waals surface area (Å²) >= 11 is 0. The maximum absolute atomic E-state index is 11.9. The summed E-state index contributed by atoms with van der Waals surface area (Å²) in [6.07, 6.45) is 5.03. The highest BCUT2D eigenvalue weighted by molar-refractivity contribution is 5.93. The number of anilines is 1. The van der Waals surface area contributed by atoms with Gasteiger partial charge < -0.3 is 11.1 Å². The van der Waals surface area contributed by atoms with Crippen LogP contribution in [0.3, 0.4) is 0 Å². The van der Waals surface area contributed by atoms with E-state index in [-0.39, 0.29) is 5.91 Å². The van der Waals surface area contributed by atoms with Crippen molar-refractivity contribution < 1.29 is 4.79 Å². The first-order chi connectivity index (χ1) is 7.72. The second-order valence-corrected chi connectivity index (χ2v) is 4.96. The van der Waals surface area contributed by atoms with E-state index >= 15 is 0 Å². The van der Waals surface area contributed by atoms with Crippen molar-refractivity contribution in [1.82, 2.24) is 15.5 Å². The van der Waals surface area contributed by atoms with Crippen LogP contribution in [0.5, 0.6) is 0 Å². The van der Waals surface area contributed by atoms with E-state index in [9.17, 15) is 4.79 Å². The molecule has 1 amide bonds. The molecule has 0 saturated heterocycles. The predicted octanol–water partition coefficient (Wildman–Crippen LogP) is 0.910. The van der Waals surface area contributed by atoms with E-state index in [1.807, 2.05) is 0 Å². The SMILES string of the molecule is Nc1cc(C(=O)N[C@@H]2C[C@H]3CC[C@H]2C3)[nH]n1. The molecule has 1 heterocycles. The molecule has 1 aromatic rings. The standard InChI is InChI=1S/C11H16N4O/c12-10-5-9(14-15-10)11(16)13-8-4-6-1-2-7(8)3-6/h5-8H,1-4H2,(H,13,16)(H3,12,14,15)/t6-,7-,8+/m0/s1. The zero-order valence-electron chi connectivity index (χ0n) is 9.07. The largest absolute Gasteiger partial charge is 0.382 e. The normalized spacial score (nSPS) is 31.9. The number of nitrogens with two attached hydrogens (primary N) is 1. The topological polar surface area (TPSA) is 83.8 Å². The van der Waals surface area contributed by atoms with Crippen LogP contribution in [0.25, 0.3) is 0 Å². The lowest BCUT2D eigenvalue weighted by atomic mass is 9.95. The second kappa shape index (κ2) is 3.50. The first kappa shape index (κ1) is 9.69. The Morgan fingerprint density at radius 2 is 2.38 bits per heavy atom. The van der Waals surface area contributed by atoms with Gasteiger partial charge in [0.2, 0.25) is 0 Å². The van der Waals surface area contributed by atoms with E-state index in [1.165, 1.54) is 19.3 Å². The number of aromatic nitrogens is 2. The van der Waals surface area contributed by atoms with Crippen LogP contribution in [0.4, 0.5) is 5.82 Å². The zero-order chi connectivity index (χ0) is 11.1. The molecule has 0 unspecified atom stereocenters. The van der Waals surface area contributed by atoms with Crippen molar-refractivity contribution in [2.75, 3.05) is 5.73 Å². The Hall–Kier alpha value is -1.52. The highest BCUT2D eigenvalue weighted by Crippen LogP contribution is 2.44. The molecule has 16 heavy (non-hydrogen) atoms. The zero-order valence-corrected chi connectivity index (χ0v) is 9.07. The molecular weight excluding hydrogens is 204 g/mol. The van der Waals surface area contributed by atoms with Crippen molar-refractivity contribution in [1.29, 1.82) is 0 Å². The number of rotatable bonds is 2. The molecule has 2 aliphatic rings. The first-order valence-corrected chi connectivity index (χ1v) is 5.84. The van der Waals surface area contributed by atoms with Gasteiger partial charge in [-0.05, 0) is 31.1 Å². The monoisotopic (exact) mass is 220 g/mol. The third-order valence-electron chi connectivity index (χ3n) is 3.90. The summed E-state index contributed by atoms with van der Waals surface area (Å²) in [5.41, 5.74) is 5.92. The third-order valence-corrected chi connectivity index (χ3v) is 3.90. The predicted molar refractivity (Wildman–Crippen MR) is 59.7 cm³/mol. The number of aromatic amines is 1. The average Bonchev–Trinajstić information content (AvgIpc) is 2.92. The molecule has 0 radical (unpaired) electrons. The number of hydrogen-bond donors (Lipinski definition) is 3. The summed E-state index contributed by atoms with van der Waals surface area (Å²) in [4.78, 5) is 11.9. The number of nitrogens with zero attached hydrogens (tertiary/aromatic N) is 1. The summed E-state index contributed by atoms with van der Waals surface area (Å²) in [6, 6.07) is 1.93. The van der Waals surface area contributed by atoms with Gasteiger partial charge in [0.05, 0.1) is 0 Å². The van der Waals surface area contributed by atoms with Crippen molar-refractivity contribution in [2.45, 2.75) is 31.7 Å². The molecule has 3 rings (SSSR count). The Labute approximate surface area is 93.8 Å². The molecule has 1 aromatic heterocycles. The molecule has 0 aromatic carbocycles. The van der Waals surface area contributed by atoms with Crippen molar-refractivity contribution in [3.63, 3.8) is 0 Å². The lowest BCUT2D eigenvalue weighted by Crippen LogP contribution is -2.38. The Bertz CT molecular complexity index is 414. The van der Waals surface area contributed by atoms with Gasteiger partial charge in [-0.2, -0.15) is 5.10 Å². The van der Waals surface area contributed by atoms with Crippen LogP contribution in [0.1, 0.15) is 36.2 Å². The van der Waals surface area contributed by atoms with Gasteiger partial charge in [-0.15, -0.1) is 0 Å². The molecule has 2 bridgehead atoms. The van der Waals surface area contributed by atoms with Gasteiger partial charge >= 0.3 is 0 Å². The number of amides is 1. The van der Waals surface area contributed by atoms with Crippen LogP contribution in [-0.4, -0.2) is 22.1 Å². The van der Waals surface area contributed by atoms with Gasteiger partial charge in [-0.1, -0.05) is 6.42 Å². The van der Waals surface area contributed by atoms with Crippen LogP contribution >= 0.6 is 0 Å². The average molecular weight is 220 g/mol. The number of hydrogen-bond acceptors (Lipinski definition) is 3. The second-order valence-electron chi connectivity index (χ2n) is 4.96.